The number of rotatable bonds is 9. The summed E-state index contributed by atoms with van der Waals surface area (Å²) >= 11 is 1.21. The lowest BCUT2D eigenvalue weighted by Crippen LogP contribution is -2.43. The van der Waals surface area contributed by atoms with E-state index in [0.717, 1.165) is 5.56 Å². The molecule has 0 saturated carbocycles. The van der Waals surface area contributed by atoms with Crippen LogP contribution in [0.15, 0.2) is 88.8 Å². The summed E-state index contributed by atoms with van der Waals surface area (Å²) in [5.41, 5.74) is 2.95. The fraction of sp³-hybridized carbons (Fsp3) is 0.233. The molecule has 9 nitrogen and oxygen atoms in total. The molecule has 2 heterocycles. The molecule has 204 valence electrons. The number of nitrogens with one attached hydrogen (secondary N) is 2. The van der Waals surface area contributed by atoms with Gasteiger partial charge in [0.2, 0.25) is 11.8 Å². The van der Waals surface area contributed by atoms with E-state index >= 15 is 0 Å². The summed E-state index contributed by atoms with van der Waals surface area (Å²) in [7, 11) is 1.57. The highest BCUT2D eigenvalue weighted by atomic mass is 32.2. The molecule has 2 N–H and O–H groups in total. The van der Waals surface area contributed by atoms with Crippen molar-refractivity contribution in [1.29, 1.82) is 0 Å². The number of amidine groups is 2. The number of hydrogen-bond acceptors (Lipinski definition) is 7. The van der Waals surface area contributed by atoms with Crippen LogP contribution in [0, 0.1) is 0 Å². The zero-order valence-corrected chi connectivity index (χ0v) is 23.0. The van der Waals surface area contributed by atoms with E-state index in [2.05, 4.69) is 15.6 Å². The fourth-order valence-corrected chi connectivity index (χ4v) is 5.45. The van der Waals surface area contributed by atoms with E-state index < -0.39 is 11.3 Å². The average molecular weight is 556 g/mol. The van der Waals surface area contributed by atoms with Gasteiger partial charge in [-0.15, -0.1) is 0 Å². The van der Waals surface area contributed by atoms with Crippen LogP contribution in [0.5, 0.6) is 5.75 Å². The van der Waals surface area contributed by atoms with E-state index in [-0.39, 0.29) is 24.1 Å². The first-order chi connectivity index (χ1) is 19.5. The molecule has 0 saturated heterocycles. The molecule has 5 rings (SSSR count). The summed E-state index contributed by atoms with van der Waals surface area (Å²) in [6.45, 7) is 2.27. The summed E-state index contributed by atoms with van der Waals surface area (Å²) in [5.74, 6) is 0.254. The Labute approximate surface area is 236 Å². The number of carbonyl (C=O) groups is 3. The Bertz CT molecular complexity index is 1490. The highest BCUT2D eigenvalue weighted by Crippen LogP contribution is 2.36. The van der Waals surface area contributed by atoms with E-state index in [9.17, 15) is 14.4 Å². The third-order valence-electron chi connectivity index (χ3n) is 6.51. The molecule has 0 fully saturated rings. The first-order valence-electron chi connectivity index (χ1n) is 13.0. The minimum absolute atomic E-state index is 0.0840. The van der Waals surface area contributed by atoms with Gasteiger partial charge in [0.25, 0.3) is 5.91 Å². The minimum atomic E-state index is -0.881. The second-order valence-electron chi connectivity index (χ2n) is 9.26. The van der Waals surface area contributed by atoms with Crippen LogP contribution in [-0.4, -0.2) is 52.0 Å². The van der Waals surface area contributed by atoms with Crippen LogP contribution < -0.4 is 15.4 Å². The Balaban J connectivity index is 1.33. The summed E-state index contributed by atoms with van der Waals surface area (Å²) in [6, 6.07) is 23.2. The van der Waals surface area contributed by atoms with Gasteiger partial charge in [-0.05, 0) is 36.2 Å². The Morgan fingerprint density at radius 1 is 1.05 bits per heavy atom. The van der Waals surface area contributed by atoms with Crippen LogP contribution in [0.1, 0.15) is 30.9 Å². The molecule has 10 heteroatoms. The van der Waals surface area contributed by atoms with E-state index in [0.29, 0.717) is 46.7 Å². The number of ether oxygens (including phenoxy) is 1. The standard InChI is InChI=1S/C30H29N5O4S/c1-3-25(28(37)32-20-12-9-13-21(16-20)39-2)40-30-34-23-15-8-7-14-22(23)27-33-24(29(38)35(27)30)17-26(36)31-18-19-10-5-4-6-11-19/h4-16,24-25H,3,17-18H2,1-2H3,(H,31,36)(H,32,37)/t24-,25+/m0/s1. The van der Waals surface area contributed by atoms with Gasteiger partial charge >= 0.3 is 0 Å². The van der Waals surface area contributed by atoms with Crippen molar-refractivity contribution in [2.75, 3.05) is 12.4 Å². The van der Waals surface area contributed by atoms with Crippen LogP contribution in [0.3, 0.4) is 0 Å². The predicted octanol–water partition coefficient (Wildman–Crippen LogP) is 4.51. The van der Waals surface area contributed by atoms with Crippen LogP contribution in [0.2, 0.25) is 0 Å². The zero-order chi connectivity index (χ0) is 28.1. The number of amides is 3. The number of nitrogens with zero attached hydrogens (tertiary/aromatic N) is 3. The van der Waals surface area contributed by atoms with Gasteiger partial charge in [-0.1, -0.05) is 67.2 Å². The van der Waals surface area contributed by atoms with Gasteiger partial charge in [-0.25, -0.2) is 9.89 Å². The number of benzene rings is 3. The Hall–Kier alpha value is -4.44. The highest BCUT2D eigenvalue weighted by Gasteiger charge is 2.43. The van der Waals surface area contributed by atoms with Crippen molar-refractivity contribution in [3.05, 3.63) is 90.0 Å². The number of hydrogen-bond donors (Lipinski definition) is 2. The number of thioether (sulfide) groups is 1. The normalized spacial score (nSPS) is 16.3. The number of carbonyl (C=O) groups excluding carboxylic acids is 3. The lowest BCUT2D eigenvalue weighted by molar-refractivity contribution is -0.128. The molecule has 3 amide bonds. The van der Waals surface area contributed by atoms with Crippen molar-refractivity contribution in [1.82, 2.24) is 10.2 Å². The van der Waals surface area contributed by atoms with Crippen molar-refractivity contribution >= 4 is 51.9 Å². The maximum atomic E-state index is 13.6. The Morgan fingerprint density at radius 3 is 2.60 bits per heavy atom. The summed E-state index contributed by atoms with van der Waals surface area (Å²) in [4.78, 5) is 50.4. The molecule has 2 atom stereocenters. The second-order valence-corrected chi connectivity index (χ2v) is 10.4. The van der Waals surface area contributed by atoms with Crippen LogP contribution in [0.25, 0.3) is 0 Å². The number of methoxy groups -OCH3 is 1. The predicted molar refractivity (Wildman–Crippen MR) is 157 cm³/mol. The molecule has 0 radical (unpaired) electrons. The Morgan fingerprint density at radius 2 is 1.82 bits per heavy atom. The fourth-order valence-electron chi connectivity index (χ4n) is 4.43. The first kappa shape index (κ1) is 27.1. The third-order valence-corrected chi connectivity index (χ3v) is 7.82. The molecule has 2 aliphatic rings. The number of fused-ring (bicyclic) bond motifs is 3. The van der Waals surface area contributed by atoms with Gasteiger partial charge in [0.05, 0.1) is 24.5 Å². The first-order valence-corrected chi connectivity index (χ1v) is 13.9. The van der Waals surface area contributed by atoms with Crippen molar-refractivity contribution in [2.24, 2.45) is 9.98 Å². The number of aliphatic imine (C=N–C) groups is 2. The van der Waals surface area contributed by atoms with Crippen molar-refractivity contribution in [2.45, 2.75) is 37.6 Å². The summed E-state index contributed by atoms with van der Waals surface area (Å²) in [6.07, 6.45) is 0.417. The van der Waals surface area contributed by atoms with Crippen LogP contribution in [0.4, 0.5) is 11.4 Å². The number of anilines is 1. The molecule has 0 unspecified atom stereocenters. The van der Waals surface area contributed by atoms with Crippen LogP contribution in [-0.2, 0) is 20.9 Å². The molecule has 40 heavy (non-hydrogen) atoms. The van der Waals surface area contributed by atoms with E-state index in [1.807, 2.05) is 61.5 Å². The van der Waals surface area contributed by atoms with Gasteiger partial charge in [0, 0.05) is 23.9 Å². The minimum Gasteiger partial charge on any atom is -0.497 e. The van der Waals surface area contributed by atoms with Gasteiger partial charge in [0.15, 0.2) is 5.17 Å². The smallest absolute Gasteiger partial charge is 0.259 e. The van der Waals surface area contributed by atoms with Crippen molar-refractivity contribution < 1.29 is 19.1 Å². The van der Waals surface area contributed by atoms with Crippen molar-refractivity contribution in [3.8, 4) is 5.75 Å². The number of para-hydroxylation sites is 1. The largest absolute Gasteiger partial charge is 0.497 e. The van der Waals surface area contributed by atoms with Gasteiger partial charge in [-0.3, -0.25) is 19.4 Å². The molecule has 0 aromatic heterocycles. The SMILES string of the molecule is CC[C@@H](SC1=Nc2ccccc2C2=N[C@@H](CC(=O)NCc3ccccc3)C(=O)N12)C(=O)Nc1cccc(OC)c1. The molecular formula is C30H29N5O4S. The molecule has 3 aromatic rings. The summed E-state index contributed by atoms with van der Waals surface area (Å²) < 4.78 is 5.25. The van der Waals surface area contributed by atoms with E-state index in [1.54, 1.807) is 31.4 Å². The molecule has 0 spiro atoms. The lowest BCUT2D eigenvalue weighted by Gasteiger charge is -2.27. The maximum absolute atomic E-state index is 13.6. The second kappa shape index (κ2) is 12.2. The molecule has 0 aliphatic carbocycles. The van der Waals surface area contributed by atoms with Crippen molar-refractivity contribution in [3.63, 3.8) is 0 Å². The topological polar surface area (TPSA) is 112 Å². The Kier molecular flexibility index (Phi) is 8.26. The van der Waals surface area contributed by atoms with E-state index in [4.69, 9.17) is 9.73 Å². The van der Waals surface area contributed by atoms with E-state index in [1.165, 1.54) is 16.7 Å². The molecule has 3 aromatic carbocycles. The average Bonchev–Trinajstić information content (AvgIpc) is 3.31. The lowest BCUT2D eigenvalue weighted by atomic mass is 10.1. The van der Waals surface area contributed by atoms with Gasteiger partial charge in [-0.2, -0.15) is 0 Å². The quantitative estimate of drug-likeness (QED) is 0.404. The molecule has 2 aliphatic heterocycles. The van der Waals surface area contributed by atoms with Crippen LogP contribution >= 0.6 is 11.8 Å². The monoisotopic (exact) mass is 555 g/mol. The van der Waals surface area contributed by atoms with Gasteiger partial charge < -0.3 is 15.4 Å². The third kappa shape index (κ3) is 5.91. The molecule has 0 bridgehead atoms. The summed E-state index contributed by atoms with van der Waals surface area (Å²) in [5, 5.41) is 5.63. The highest BCUT2D eigenvalue weighted by molar-refractivity contribution is 8.15. The zero-order valence-electron chi connectivity index (χ0n) is 22.2. The molecular weight excluding hydrogens is 526 g/mol. The maximum Gasteiger partial charge on any atom is 0.259 e. The van der Waals surface area contributed by atoms with Gasteiger partial charge in [0.1, 0.15) is 17.6 Å².